The molecule has 1 aromatic heterocycles. The molecule has 0 spiro atoms. The van der Waals surface area contributed by atoms with Gasteiger partial charge in [0.05, 0.1) is 0 Å². The van der Waals surface area contributed by atoms with E-state index in [9.17, 15) is 0 Å². The van der Waals surface area contributed by atoms with Crippen LogP contribution in [0.25, 0.3) is 11.1 Å². The maximum absolute atomic E-state index is 3.58. The number of benzene rings is 2. The lowest BCUT2D eigenvalue weighted by Gasteiger charge is -2.10. The molecular formula is C22H15S. The fourth-order valence-electron chi connectivity index (χ4n) is 2.81. The lowest BCUT2D eigenvalue weighted by molar-refractivity contribution is 1.51. The fourth-order valence-corrected chi connectivity index (χ4v) is 3.47. The molecule has 23 heavy (non-hydrogen) atoms. The van der Waals surface area contributed by atoms with Gasteiger partial charge in [0.1, 0.15) is 0 Å². The predicted molar refractivity (Wildman–Crippen MR) is 99.0 cm³/mol. The van der Waals surface area contributed by atoms with Crippen LogP contribution in [0.2, 0.25) is 0 Å². The van der Waals surface area contributed by atoms with Crippen LogP contribution in [0.1, 0.15) is 16.7 Å². The van der Waals surface area contributed by atoms with Crippen LogP contribution in [0.5, 0.6) is 0 Å². The zero-order chi connectivity index (χ0) is 15.5. The Morgan fingerprint density at radius 1 is 0.739 bits per heavy atom. The number of thiophene rings is 1. The molecule has 0 N–H and O–H groups in total. The minimum Gasteiger partial charge on any atom is -0.152 e. The van der Waals surface area contributed by atoms with Crippen molar-refractivity contribution in [2.45, 2.75) is 0 Å². The fraction of sp³-hybridized carbons (Fsp3) is 0. The monoisotopic (exact) mass is 311 g/mol. The van der Waals surface area contributed by atoms with Crippen LogP contribution >= 0.6 is 11.3 Å². The van der Waals surface area contributed by atoms with Crippen molar-refractivity contribution in [3.05, 3.63) is 118 Å². The molecule has 0 unspecified atom stereocenters. The first-order chi connectivity index (χ1) is 11.4. The van der Waals surface area contributed by atoms with Crippen LogP contribution in [-0.2, 0) is 0 Å². The molecule has 0 aliphatic heterocycles. The maximum Gasteiger partial charge on any atom is -0.00136 e. The molecule has 0 fully saturated rings. The number of rotatable bonds is 3. The van der Waals surface area contributed by atoms with Gasteiger partial charge in [0.2, 0.25) is 0 Å². The van der Waals surface area contributed by atoms with Crippen molar-refractivity contribution in [3.8, 4) is 0 Å². The summed E-state index contributed by atoms with van der Waals surface area (Å²) in [7, 11) is 0. The Hall–Kier alpha value is -2.64. The van der Waals surface area contributed by atoms with Gasteiger partial charge >= 0.3 is 0 Å². The van der Waals surface area contributed by atoms with E-state index in [0.717, 1.165) is 11.1 Å². The molecule has 1 radical (unpaired) electrons. The van der Waals surface area contributed by atoms with Gasteiger partial charge in [-0.2, -0.15) is 11.3 Å². The Labute approximate surface area is 140 Å². The van der Waals surface area contributed by atoms with Gasteiger partial charge in [0.25, 0.3) is 0 Å². The quantitative estimate of drug-likeness (QED) is 0.556. The van der Waals surface area contributed by atoms with Crippen LogP contribution in [0.15, 0.2) is 95.2 Å². The Morgan fingerprint density at radius 2 is 1.39 bits per heavy atom. The molecule has 0 nitrogen and oxygen atoms in total. The van der Waals surface area contributed by atoms with Crippen molar-refractivity contribution < 1.29 is 0 Å². The van der Waals surface area contributed by atoms with E-state index in [1.54, 1.807) is 11.3 Å². The summed E-state index contributed by atoms with van der Waals surface area (Å²) < 4.78 is 0. The van der Waals surface area contributed by atoms with Crippen LogP contribution in [-0.4, -0.2) is 0 Å². The molecule has 1 heteroatoms. The summed E-state index contributed by atoms with van der Waals surface area (Å²) in [4.78, 5) is 0. The van der Waals surface area contributed by atoms with Crippen molar-refractivity contribution in [3.63, 3.8) is 0 Å². The van der Waals surface area contributed by atoms with Crippen LogP contribution in [0.3, 0.4) is 0 Å². The van der Waals surface area contributed by atoms with Crippen molar-refractivity contribution >= 4 is 22.5 Å². The first-order valence-corrected chi connectivity index (χ1v) is 8.56. The van der Waals surface area contributed by atoms with Crippen LogP contribution < -0.4 is 0 Å². The summed E-state index contributed by atoms with van der Waals surface area (Å²) in [6, 6.07) is 23.2. The van der Waals surface area contributed by atoms with Crippen LogP contribution in [0, 0.1) is 6.08 Å². The van der Waals surface area contributed by atoms with Crippen LogP contribution in [0.4, 0.5) is 0 Å². The van der Waals surface area contributed by atoms with E-state index in [2.05, 4.69) is 95.7 Å². The van der Waals surface area contributed by atoms with Gasteiger partial charge in [0, 0.05) is 0 Å². The predicted octanol–water partition coefficient (Wildman–Crippen LogP) is 6.01. The molecule has 0 saturated heterocycles. The highest BCUT2D eigenvalue weighted by Crippen LogP contribution is 2.33. The van der Waals surface area contributed by atoms with Gasteiger partial charge in [-0.25, -0.2) is 0 Å². The van der Waals surface area contributed by atoms with Crippen molar-refractivity contribution in [2.24, 2.45) is 0 Å². The molecular weight excluding hydrogens is 296 g/mol. The van der Waals surface area contributed by atoms with E-state index >= 15 is 0 Å². The molecule has 0 bridgehead atoms. The van der Waals surface area contributed by atoms with E-state index in [1.165, 1.54) is 22.3 Å². The highest BCUT2D eigenvalue weighted by Gasteiger charge is 2.13. The van der Waals surface area contributed by atoms with Crippen molar-refractivity contribution in [1.82, 2.24) is 0 Å². The topological polar surface area (TPSA) is 0 Å². The number of hydrogen-bond acceptors (Lipinski definition) is 1. The Morgan fingerprint density at radius 3 is 1.96 bits per heavy atom. The van der Waals surface area contributed by atoms with Gasteiger partial charge in [-0.15, -0.1) is 0 Å². The summed E-state index contributed by atoms with van der Waals surface area (Å²) in [6.07, 6.45) is 7.91. The minimum absolute atomic E-state index is 1.14. The van der Waals surface area contributed by atoms with Crippen molar-refractivity contribution in [2.75, 3.05) is 0 Å². The zero-order valence-corrected chi connectivity index (χ0v) is 13.4. The number of hydrogen-bond donors (Lipinski definition) is 0. The van der Waals surface area contributed by atoms with E-state index < -0.39 is 0 Å². The van der Waals surface area contributed by atoms with Gasteiger partial charge < -0.3 is 0 Å². The zero-order valence-electron chi connectivity index (χ0n) is 12.6. The smallest absolute Gasteiger partial charge is 0.00136 e. The number of allylic oxidation sites excluding steroid dienone is 5. The van der Waals surface area contributed by atoms with E-state index in [0.29, 0.717) is 0 Å². The summed E-state index contributed by atoms with van der Waals surface area (Å²) in [5, 5.41) is 4.27. The molecule has 0 saturated carbocycles. The Bertz CT molecular complexity index is 838. The third-order valence-corrected chi connectivity index (χ3v) is 4.60. The van der Waals surface area contributed by atoms with E-state index in [1.807, 2.05) is 0 Å². The standard InChI is InChI=1S/C22H15S/c1-3-7-17(8-4-1)22(18-9-5-2-6-10-18)20-12-11-19(15-20)21-13-14-23-16-21/h1-14,16H. The molecule has 1 aliphatic rings. The molecule has 1 aliphatic carbocycles. The first-order valence-electron chi connectivity index (χ1n) is 7.61. The Balaban J connectivity index is 1.88. The lowest BCUT2D eigenvalue weighted by atomic mass is 9.93. The Kier molecular flexibility index (Phi) is 3.79. The third-order valence-electron chi connectivity index (χ3n) is 3.91. The highest BCUT2D eigenvalue weighted by molar-refractivity contribution is 7.08. The second-order valence-corrected chi connectivity index (χ2v) is 6.18. The van der Waals surface area contributed by atoms with Gasteiger partial charge in [-0.3, -0.25) is 0 Å². The molecule has 1 heterocycles. The lowest BCUT2D eigenvalue weighted by Crippen LogP contribution is -1.91. The molecule has 0 atom stereocenters. The average Bonchev–Trinajstić information content (AvgIpc) is 3.29. The molecule has 3 aromatic rings. The molecule has 4 rings (SSSR count). The van der Waals surface area contributed by atoms with Gasteiger partial charge in [0.15, 0.2) is 0 Å². The van der Waals surface area contributed by atoms with E-state index in [-0.39, 0.29) is 0 Å². The normalized spacial score (nSPS) is 13.2. The van der Waals surface area contributed by atoms with E-state index in [4.69, 9.17) is 0 Å². The van der Waals surface area contributed by atoms with Gasteiger partial charge in [-0.1, -0.05) is 72.8 Å². The SMILES string of the molecule is [C]1=C(c2ccsc2)C=CC1=C(c1ccccc1)c1ccccc1. The molecule has 0 amide bonds. The largest absolute Gasteiger partial charge is 0.152 e. The maximum atomic E-state index is 3.58. The third kappa shape index (κ3) is 2.84. The minimum atomic E-state index is 1.14. The van der Waals surface area contributed by atoms with Gasteiger partial charge in [-0.05, 0) is 56.3 Å². The second kappa shape index (κ2) is 6.23. The molecule has 2 aromatic carbocycles. The van der Waals surface area contributed by atoms with Crippen molar-refractivity contribution in [1.29, 1.82) is 0 Å². The summed E-state index contributed by atoms with van der Waals surface area (Å²) in [5.74, 6) is 0. The summed E-state index contributed by atoms with van der Waals surface area (Å²) in [5.41, 5.74) is 7.21. The average molecular weight is 311 g/mol. The first kappa shape index (κ1) is 14.0. The highest BCUT2D eigenvalue weighted by atomic mass is 32.1. The second-order valence-electron chi connectivity index (χ2n) is 5.40. The summed E-state index contributed by atoms with van der Waals surface area (Å²) in [6.45, 7) is 0. The summed E-state index contributed by atoms with van der Waals surface area (Å²) >= 11 is 1.72. The molecule has 109 valence electrons.